The Labute approximate surface area is 369 Å². The number of anilines is 1. The quantitative estimate of drug-likeness (QED) is 0.0179. The Balaban J connectivity index is 2.15. The minimum absolute atomic E-state index is 0.00852. The summed E-state index contributed by atoms with van der Waals surface area (Å²) in [7, 11) is 0. The molecule has 25 nitrogen and oxygen atoms in total. The number of hydrazine groups is 1. The molecule has 1 aromatic rings. The highest BCUT2D eigenvalue weighted by Crippen LogP contribution is 2.09. The summed E-state index contributed by atoms with van der Waals surface area (Å²) >= 11 is 0. The predicted octanol–water partition coefficient (Wildman–Crippen LogP) is -2.95. The normalized spacial score (nSPS) is 12.2. The maximum Gasteiger partial charge on any atom is 0.326 e. The minimum Gasteiger partial charge on any atom is -0.480 e. The van der Waals surface area contributed by atoms with Crippen molar-refractivity contribution >= 4 is 59.0 Å². The monoisotopic (exact) mass is 913 g/mol. The van der Waals surface area contributed by atoms with Crippen LogP contribution in [-0.2, 0) is 57.3 Å². The van der Waals surface area contributed by atoms with Gasteiger partial charge in [0.2, 0.25) is 29.5 Å². The third-order valence-corrected chi connectivity index (χ3v) is 8.55. The van der Waals surface area contributed by atoms with Crippen LogP contribution in [0.15, 0.2) is 24.3 Å². The van der Waals surface area contributed by atoms with Crippen molar-refractivity contribution in [2.24, 2.45) is 5.84 Å². The molecule has 3 atom stereocenters. The Hall–Kier alpha value is -5.99. The largest absolute Gasteiger partial charge is 0.480 e. The lowest BCUT2D eigenvalue weighted by molar-refractivity contribution is -0.144. The molecule has 0 radical (unpaired) electrons. The first kappa shape index (κ1) is 56.0. The third-order valence-electron chi connectivity index (χ3n) is 8.55. The van der Waals surface area contributed by atoms with Crippen LogP contribution < -0.4 is 48.5 Å². The third kappa shape index (κ3) is 27.9. The molecule has 0 aliphatic heterocycles. The summed E-state index contributed by atoms with van der Waals surface area (Å²) in [6, 6.07) is 3.07. The summed E-state index contributed by atoms with van der Waals surface area (Å²) in [4.78, 5) is 107. The molecule has 1 aromatic carbocycles. The molecular formula is C39H63N9O16. The van der Waals surface area contributed by atoms with E-state index in [0.717, 1.165) is 18.7 Å². The van der Waals surface area contributed by atoms with Gasteiger partial charge in [-0.15, -0.1) is 0 Å². The Morgan fingerprint density at radius 3 is 1.45 bits per heavy atom. The molecule has 64 heavy (non-hydrogen) atoms. The number of amides is 6. The van der Waals surface area contributed by atoms with Gasteiger partial charge < -0.3 is 71.5 Å². The summed E-state index contributed by atoms with van der Waals surface area (Å²) in [5.41, 5.74) is 3.51. The maximum atomic E-state index is 12.4. The number of rotatable bonds is 38. The van der Waals surface area contributed by atoms with Crippen molar-refractivity contribution in [1.29, 1.82) is 0 Å². The topological polar surface area (TPSA) is 374 Å². The smallest absolute Gasteiger partial charge is 0.326 e. The van der Waals surface area contributed by atoms with E-state index in [1.807, 2.05) is 12.1 Å². The number of hydrogen-bond acceptors (Lipinski definition) is 16. The predicted molar refractivity (Wildman–Crippen MR) is 225 cm³/mol. The van der Waals surface area contributed by atoms with E-state index in [1.165, 1.54) is 0 Å². The second kappa shape index (κ2) is 34.5. The van der Waals surface area contributed by atoms with E-state index in [0.29, 0.717) is 5.56 Å². The Kier molecular flexibility index (Phi) is 30.2. The number of carbonyl (C=O) groups excluding carboxylic acids is 6. The van der Waals surface area contributed by atoms with Gasteiger partial charge in [-0.05, 0) is 49.9 Å². The Morgan fingerprint density at radius 1 is 0.516 bits per heavy atom. The molecule has 0 aromatic heterocycles. The lowest BCUT2D eigenvalue weighted by atomic mass is 10.1. The first-order chi connectivity index (χ1) is 30.7. The fraction of sp³-hybridized carbons (Fsp3) is 0.615. The second-order valence-electron chi connectivity index (χ2n) is 13.7. The number of carbonyl (C=O) groups is 9. The zero-order valence-electron chi connectivity index (χ0n) is 35.9. The van der Waals surface area contributed by atoms with Crippen molar-refractivity contribution in [3.05, 3.63) is 29.8 Å². The molecule has 6 amide bonds. The zero-order chi connectivity index (χ0) is 47.5. The molecule has 1 rings (SSSR count). The van der Waals surface area contributed by atoms with Gasteiger partial charge in [0.05, 0.1) is 39.6 Å². The van der Waals surface area contributed by atoms with Crippen LogP contribution in [0.25, 0.3) is 0 Å². The Bertz CT molecular complexity index is 1620. The van der Waals surface area contributed by atoms with Gasteiger partial charge in [0.15, 0.2) is 0 Å². The van der Waals surface area contributed by atoms with E-state index in [1.54, 1.807) is 12.1 Å². The van der Waals surface area contributed by atoms with Crippen molar-refractivity contribution in [3.8, 4) is 0 Å². The number of aliphatic carboxylic acids is 3. The molecule has 0 aliphatic rings. The van der Waals surface area contributed by atoms with E-state index in [-0.39, 0.29) is 116 Å². The van der Waals surface area contributed by atoms with Crippen molar-refractivity contribution < 1.29 is 77.4 Å². The minimum atomic E-state index is -1.49. The molecule has 25 heteroatoms. The fourth-order valence-corrected chi connectivity index (χ4v) is 5.13. The first-order valence-corrected chi connectivity index (χ1v) is 20.6. The SMILES string of the molecule is CCCNc1ccc(C(=O)NCCNC(=O)COCCOCCNC(=O)CCC(NC(=O)CCC(NC(=O)COCCOCCNC(=O)CCC(NN)C(=O)O)C(=O)O)C(=O)O)cc1. The number of ether oxygens (including phenoxy) is 4. The number of carboxylic acids is 3. The van der Waals surface area contributed by atoms with Crippen LogP contribution in [0.3, 0.4) is 0 Å². The summed E-state index contributed by atoms with van der Waals surface area (Å²) in [6.07, 6.45) is -0.454. The molecule has 360 valence electrons. The van der Waals surface area contributed by atoms with E-state index >= 15 is 0 Å². The van der Waals surface area contributed by atoms with E-state index in [2.05, 4.69) is 49.6 Å². The lowest BCUT2D eigenvalue weighted by Crippen LogP contribution is -2.45. The van der Waals surface area contributed by atoms with Gasteiger partial charge in [-0.1, -0.05) is 6.92 Å². The molecule has 0 fully saturated rings. The van der Waals surface area contributed by atoms with Crippen LogP contribution in [0.4, 0.5) is 5.69 Å². The average molecular weight is 914 g/mol. The molecule has 0 bridgehead atoms. The van der Waals surface area contributed by atoms with Crippen molar-refractivity contribution in [2.75, 3.05) is 90.9 Å². The van der Waals surface area contributed by atoms with E-state index < -0.39 is 72.7 Å². The number of nitrogens with one attached hydrogen (secondary N) is 8. The zero-order valence-corrected chi connectivity index (χ0v) is 35.9. The molecule has 3 unspecified atom stereocenters. The summed E-state index contributed by atoms with van der Waals surface area (Å²) < 4.78 is 21.0. The van der Waals surface area contributed by atoms with Crippen LogP contribution in [0.1, 0.15) is 62.2 Å². The van der Waals surface area contributed by atoms with Crippen LogP contribution in [0, 0.1) is 0 Å². The first-order valence-electron chi connectivity index (χ1n) is 20.6. The van der Waals surface area contributed by atoms with Crippen LogP contribution in [0.2, 0.25) is 0 Å². The van der Waals surface area contributed by atoms with E-state index in [9.17, 15) is 53.4 Å². The highest BCUT2D eigenvalue weighted by atomic mass is 16.5. The number of hydrogen-bond donors (Lipinski definition) is 12. The second-order valence-corrected chi connectivity index (χ2v) is 13.7. The van der Waals surface area contributed by atoms with Gasteiger partial charge in [-0.25, -0.2) is 15.0 Å². The molecule has 0 aliphatic carbocycles. The van der Waals surface area contributed by atoms with E-state index in [4.69, 9.17) is 29.9 Å². The van der Waals surface area contributed by atoms with Crippen molar-refractivity contribution in [2.45, 2.75) is 70.0 Å². The molecule has 0 spiro atoms. The maximum absolute atomic E-state index is 12.4. The summed E-state index contributed by atoms with van der Waals surface area (Å²) in [5, 5.41) is 46.0. The van der Waals surface area contributed by atoms with Crippen molar-refractivity contribution in [3.63, 3.8) is 0 Å². The standard InChI is InChI=1S/C39H63N9O16/c1-2-13-41-27-5-3-26(4-6-27)36(54)45-15-14-42-34(52)24-63-22-20-61-18-16-43-31(49)10-7-28(37(55)56)46-33(51)12-8-29(38(57)58)47-35(53)25-64-23-21-62-19-17-44-32(50)11-9-30(48-40)39(59)60/h3-6,28-30,41,48H,2,7-25,40H2,1H3,(H,42,52)(H,43,49)(H,44,50)(H,45,54)(H,46,51)(H,47,53)(H,55,56)(H,57,58)(H,59,60). The highest BCUT2D eigenvalue weighted by Gasteiger charge is 2.25. The van der Waals surface area contributed by atoms with Crippen molar-refractivity contribution in [1.82, 2.24) is 37.3 Å². The number of benzene rings is 1. The van der Waals surface area contributed by atoms with Gasteiger partial charge in [0.1, 0.15) is 31.3 Å². The van der Waals surface area contributed by atoms with Gasteiger partial charge in [-0.2, -0.15) is 0 Å². The molecule has 0 saturated heterocycles. The van der Waals surface area contributed by atoms with Gasteiger partial charge >= 0.3 is 17.9 Å². The number of carboxylic acid groups (broad SMARTS) is 3. The van der Waals surface area contributed by atoms with Crippen LogP contribution in [-0.4, -0.2) is 172 Å². The fourth-order valence-electron chi connectivity index (χ4n) is 5.13. The molecular weight excluding hydrogens is 850 g/mol. The highest BCUT2D eigenvalue weighted by molar-refractivity contribution is 5.94. The average Bonchev–Trinajstić information content (AvgIpc) is 3.26. The van der Waals surface area contributed by atoms with Gasteiger partial charge in [0, 0.05) is 63.2 Å². The summed E-state index contributed by atoms with van der Waals surface area (Å²) in [5.74, 6) is -2.10. The molecule has 13 N–H and O–H groups in total. The number of nitrogens with two attached hydrogens (primary N) is 1. The van der Waals surface area contributed by atoms with Gasteiger partial charge in [-0.3, -0.25) is 39.4 Å². The van der Waals surface area contributed by atoms with Gasteiger partial charge in [0.25, 0.3) is 5.91 Å². The molecule has 0 heterocycles. The summed E-state index contributed by atoms with van der Waals surface area (Å²) in [6.45, 7) is 3.18. The lowest BCUT2D eigenvalue weighted by Gasteiger charge is -2.17. The van der Waals surface area contributed by atoms with Crippen LogP contribution >= 0.6 is 0 Å². The van der Waals surface area contributed by atoms with Crippen LogP contribution in [0.5, 0.6) is 0 Å². The molecule has 0 saturated carbocycles. The Morgan fingerprint density at radius 2 is 0.953 bits per heavy atom.